The predicted molar refractivity (Wildman–Crippen MR) is 152 cm³/mol. The minimum Gasteiger partial charge on any atom is -0.488 e. The normalized spacial score (nSPS) is 18.8. The van der Waals surface area contributed by atoms with Crippen molar-refractivity contribution in [2.75, 3.05) is 13.1 Å². The van der Waals surface area contributed by atoms with Crippen molar-refractivity contribution in [3.8, 4) is 5.75 Å². The van der Waals surface area contributed by atoms with Crippen LogP contribution < -0.4 is 4.74 Å². The lowest BCUT2D eigenvalue weighted by atomic mass is 9.85. The molecule has 0 bridgehead atoms. The molecule has 2 atom stereocenters. The SMILES string of the molecule is CC[C@@H]1CN(Cc2cc(C(CC(=O)O)c3ccc4c(c3)C(=O)N(CC)C4=O)ccc2C)S(=O)(=O)c2ccccc2O1. The summed E-state index contributed by atoms with van der Waals surface area (Å²) in [6.07, 6.45) is 0.0444. The molecule has 9 nitrogen and oxygen atoms in total. The van der Waals surface area contributed by atoms with Gasteiger partial charge >= 0.3 is 5.97 Å². The van der Waals surface area contributed by atoms with E-state index in [1.165, 1.54) is 4.31 Å². The number of para-hydroxylation sites is 1. The van der Waals surface area contributed by atoms with Crippen molar-refractivity contribution >= 4 is 27.8 Å². The molecule has 2 heterocycles. The van der Waals surface area contributed by atoms with Crippen molar-refractivity contribution < 1.29 is 32.6 Å². The first-order valence-electron chi connectivity index (χ1n) is 13.6. The quantitative estimate of drug-likeness (QED) is 0.390. The van der Waals surface area contributed by atoms with Gasteiger partial charge in [0.1, 0.15) is 16.7 Å². The highest BCUT2D eigenvalue weighted by Crippen LogP contribution is 2.35. The molecule has 0 radical (unpaired) electrons. The Bertz CT molecular complexity index is 1650. The molecule has 0 saturated heterocycles. The number of hydrogen-bond donors (Lipinski definition) is 1. The molecule has 3 aromatic rings. The Balaban J connectivity index is 1.53. The van der Waals surface area contributed by atoms with Gasteiger partial charge in [-0.1, -0.05) is 43.3 Å². The number of carbonyl (C=O) groups excluding carboxylic acids is 2. The number of carboxylic acid groups (broad SMARTS) is 1. The van der Waals surface area contributed by atoms with Gasteiger partial charge in [-0.25, -0.2) is 8.42 Å². The number of carbonyl (C=O) groups is 3. The van der Waals surface area contributed by atoms with Crippen LogP contribution in [0.15, 0.2) is 65.6 Å². The number of nitrogens with zero attached hydrogens (tertiary/aromatic N) is 2. The van der Waals surface area contributed by atoms with Gasteiger partial charge in [0.2, 0.25) is 10.0 Å². The second kappa shape index (κ2) is 11.1. The highest BCUT2D eigenvalue weighted by molar-refractivity contribution is 7.89. The highest BCUT2D eigenvalue weighted by atomic mass is 32.2. The van der Waals surface area contributed by atoms with Crippen LogP contribution in [0.25, 0.3) is 0 Å². The summed E-state index contributed by atoms with van der Waals surface area (Å²) < 4.78 is 34.9. The zero-order chi connectivity index (χ0) is 29.5. The van der Waals surface area contributed by atoms with E-state index in [0.717, 1.165) is 16.0 Å². The van der Waals surface area contributed by atoms with Gasteiger partial charge in [0.15, 0.2) is 0 Å². The number of carboxylic acids is 1. The lowest BCUT2D eigenvalue weighted by Gasteiger charge is -2.24. The number of fused-ring (bicyclic) bond motifs is 2. The third-order valence-electron chi connectivity index (χ3n) is 7.84. The van der Waals surface area contributed by atoms with Gasteiger partial charge in [-0.15, -0.1) is 0 Å². The molecular formula is C31H32N2O7S. The molecule has 10 heteroatoms. The summed E-state index contributed by atoms with van der Waals surface area (Å²) >= 11 is 0. The largest absolute Gasteiger partial charge is 0.488 e. The minimum absolute atomic E-state index is 0.0820. The number of imide groups is 1. The van der Waals surface area contributed by atoms with E-state index in [2.05, 4.69) is 0 Å². The maximum Gasteiger partial charge on any atom is 0.304 e. The topological polar surface area (TPSA) is 121 Å². The van der Waals surface area contributed by atoms with E-state index in [-0.39, 0.29) is 48.5 Å². The fraction of sp³-hybridized carbons (Fsp3) is 0.323. The zero-order valence-corrected chi connectivity index (χ0v) is 24.0. The fourth-order valence-electron chi connectivity index (χ4n) is 5.49. The molecule has 214 valence electrons. The number of benzene rings is 3. The van der Waals surface area contributed by atoms with E-state index >= 15 is 0 Å². The number of hydrogen-bond acceptors (Lipinski definition) is 6. The van der Waals surface area contributed by atoms with Crippen molar-refractivity contribution in [2.24, 2.45) is 0 Å². The van der Waals surface area contributed by atoms with Crippen molar-refractivity contribution in [3.05, 3.63) is 94.0 Å². The molecule has 0 spiro atoms. The molecular weight excluding hydrogens is 544 g/mol. The molecule has 0 saturated carbocycles. The summed E-state index contributed by atoms with van der Waals surface area (Å²) in [5.74, 6) is -2.07. The summed E-state index contributed by atoms with van der Waals surface area (Å²) in [5, 5.41) is 9.78. The number of aliphatic carboxylic acids is 1. The first kappa shape index (κ1) is 28.5. The van der Waals surface area contributed by atoms with Gasteiger partial charge in [0, 0.05) is 19.0 Å². The van der Waals surface area contributed by atoms with Crippen molar-refractivity contribution in [1.29, 1.82) is 0 Å². The molecule has 41 heavy (non-hydrogen) atoms. The van der Waals surface area contributed by atoms with E-state index in [0.29, 0.717) is 28.9 Å². The Morgan fingerprint density at radius 3 is 2.39 bits per heavy atom. The van der Waals surface area contributed by atoms with Crippen LogP contribution in [0.4, 0.5) is 0 Å². The van der Waals surface area contributed by atoms with Crippen LogP contribution in [0.1, 0.15) is 75.6 Å². The molecule has 3 aromatic carbocycles. The Morgan fingerprint density at radius 1 is 1.00 bits per heavy atom. The molecule has 0 aliphatic carbocycles. The molecule has 0 aromatic heterocycles. The maximum atomic E-state index is 13.7. The van der Waals surface area contributed by atoms with Crippen molar-refractivity contribution in [3.63, 3.8) is 0 Å². The maximum absolute atomic E-state index is 13.7. The summed E-state index contributed by atoms with van der Waals surface area (Å²) in [5.41, 5.74) is 3.43. The molecule has 1 unspecified atom stereocenters. The monoisotopic (exact) mass is 576 g/mol. The van der Waals surface area contributed by atoms with E-state index in [4.69, 9.17) is 4.74 Å². The Kier molecular flexibility index (Phi) is 7.72. The average Bonchev–Trinajstić information content (AvgIpc) is 3.13. The van der Waals surface area contributed by atoms with Gasteiger partial charge in [-0.3, -0.25) is 19.3 Å². The van der Waals surface area contributed by atoms with Gasteiger partial charge in [-0.2, -0.15) is 4.31 Å². The molecule has 1 N–H and O–H groups in total. The first-order valence-corrected chi connectivity index (χ1v) is 15.1. The average molecular weight is 577 g/mol. The predicted octanol–water partition coefficient (Wildman–Crippen LogP) is 4.58. The van der Waals surface area contributed by atoms with Gasteiger partial charge < -0.3 is 9.84 Å². The van der Waals surface area contributed by atoms with Crippen LogP contribution in [-0.2, 0) is 21.4 Å². The smallest absolute Gasteiger partial charge is 0.304 e. The van der Waals surface area contributed by atoms with E-state index in [1.54, 1.807) is 49.4 Å². The van der Waals surface area contributed by atoms with E-state index in [9.17, 15) is 27.9 Å². The molecule has 2 amide bonds. The van der Waals surface area contributed by atoms with Crippen LogP contribution in [0.5, 0.6) is 5.75 Å². The highest BCUT2D eigenvalue weighted by Gasteiger charge is 2.36. The van der Waals surface area contributed by atoms with Crippen LogP contribution in [0.2, 0.25) is 0 Å². The Hall–Kier alpha value is -4.02. The van der Waals surface area contributed by atoms with Crippen LogP contribution in [0.3, 0.4) is 0 Å². The Morgan fingerprint density at radius 2 is 1.68 bits per heavy atom. The van der Waals surface area contributed by atoms with E-state index in [1.807, 2.05) is 32.0 Å². The van der Waals surface area contributed by atoms with Gasteiger partial charge in [0.25, 0.3) is 11.8 Å². The fourth-order valence-corrected chi connectivity index (χ4v) is 7.06. The standard InChI is InChI=1S/C31H32N2O7S/c1-4-23-18-32(41(38,39)28-9-7-6-8-27(28)40-23)17-22-14-20(11-10-19(22)3)25(16-29(34)35)21-12-13-24-26(15-21)31(37)33(5-2)30(24)36/h6-15,23,25H,4-5,16-18H2,1-3H3,(H,34,35)/t23-,25?/m1/s1. The molecule has 2 aliphatic rings. The third kappa shape index (κ3) is 5.25. The number of ether oxygens (including phenoxy) is 1. The molecule has 0 fully saturated rings. The number of amides is 2. The number of rotatable bonds is 8. The van der Waals surface area contributed by atoms with Crippen molar-refractivity contribution in [2.45, 2.75) is 57.1 Å². The lowest BCUT2D eigenvalue weighted by Crippen LogP contribution is -2.36. The van der Waals surface area contributed by atoms with Crippen LogP contribution in [-0.4, -0.2) is 59.7 Å². The van der Waals surface area contributed by atoms with E-state index < -0.39 is 27.8 Å². The summed E-state index contributed by atoms with van der Waals surface area (Å²) in [6, 6.07) is 17.0. The van der Waals surface area contributed by atoms with Gasteiger partial charge in [0.05, 0.1) is 24.1 Å². The summed E-state index contributed by atoms with van der Waals surface area (Å²) in [4.78, 5) is 38.7. The second-order valence-electron chi connectivity index (χ2n) is 10.4. The van der Waals surface area contributed by atoms with Crippen LogP contribution in [0, 0.1) is 6.92 Å². The third-order valence-corrected chi connectivity index (χ3v) is 9.69. The van der Waals surface area contributed by atoms with Crippen LogP contribution >= 0.6 is 0 Å². The zero-order valence-electron chi connectivity index (χ0n) is 23.2. The first-order chi connectivity index (χ1) is 19.5. The molecule has 2 aliphatic heterocycles. The van der Waals surface area contributed by atoms with Gasteiger partial charge in [-0.05, 0) is 66.8 Å². The number of sulfonamides is 1. The summed E-state index contributed by atoms with van der Waals surface area (Å²) in [6.45, 7) is 6.05. The second-order valence-corrected chi connectivity index (χ2v) is 12.3. The Labute approximate surface area is 239 Å². The lowest BCUT2D eigenvalue weighted by molar-refractivity contribution is -0.137. The van der Waals surface area contributed by atoms with Crippen molar-refractivity contribution in [1.82, 2.24) is 9.21 Å². The molecule has 5 rings (SSSR count). The number of aryl methyl sites for hydroxylation is 1. The summed E-state index contributed by atoms with van der Waals surface area (Å²) in [7, 11) is -3.87. The minimum atomic E-state index is -3.87.